The van der Waals surface area contributed by atoms with Gasteiger partial charge < -0.3 is 10.1 Å². The zero-order valence-corrected chi connectivity index (χ0v) is 13.5. The predicted molar refractivity (Wildman–Crippen MR) is 88.9 cm³/mol. The van der Waals surface area contributed by atoms with E-state index in [1.807, 2.05) is 0 Å². The molecule has 1 saturated heterocycles. The summed E-state index contributed by atoms with van der Waals surface area (Å²) in [5.41, 5.74) is 3.61. The van der Waals surface area contributed by atoms with Crippen molar-refractivity contribution in [3.05, 3.63) is 35.4 Å². The number of ether oxygens (including phenoxy) is 1. The average Bonchev–Trinajstić information content (AvgIpc) is 2.52. The van der Waals surface area contributed by atoms with Crippen LogP contribution in [0, 0.1) is 5.41 Å². The van der Waals surface area contributed by atoms with E-state index in [4.69, 9.17) is 4.74 Å². The Morgan fingerprint density at radius 2 is 2.00 bits per heavy atom. The molecule has 3 aliphatic rings. The van der Waals surface area contributed by atoms with E-state index in [2.05, 4.69) is 41.3 Å². The lowest BCUT2D eigenvalue weighted by atomic mass is 9.74. The van der Waals surface area contributed by atoms with Crippen LogP contribution < -0.4 is 5.32 Å². The van der Waals surface area contributed by atoms with Gasteiger partial charge in [0.15, 0.2) is 0 Å². The fraction of sp³-hybridized carbons (Fsp3) is 0.667. The van der Waals surface area contributed by atoms with Gasteiger partial charge in [-0.15, -0.1) is 0 Å². The SMILES string of the molecule is c1ccc2c(c1)CCOC2CNC1CCC2(CC1)CSC2. The van der Waals surface area contributed by atoms with Crippen LogP contribution >= 0.6 is 11.8 Å². The van der Waals surface area contributed by atoms with Crippen molar-refractivity contribution in [3.63, 3.8) is 0 Å². The van der Waals surface area contributed by atoms with Crippen LogP contribution in [0.25, 0.3) is 0 Å². The molecule has 3 heteroatoms. The first-order valence-electron chi connectivity index (χ1n) is 8.35. The van der Waals surface area contributed by atoms with Crippen molar-refractivity contribution in [1.29, 1.82) is 0 Å². The molecule has 1 unspecified atom stereocenters. The summed E-state index contributed by atoms with van der Waals surface area (Å²) >= 11 is 2.13. The van der Waals surface area contributed by atoms with Gasteiger partial charge in [-0.05, 0) is 60.2 Å². The summed E-state index contributed by atoms with van der Waals surface area (Å²) in [6.07, 6.45) is 6.89. The van der Waals surface area contributed by atoms with E-state index in [0.717, 1.165) is 25.0 Å². The standard InChI is InChI=1S/C18H25NOS/c1-2-4-16-14(3-1)7-10-20-17(16)11-19-15-5-8-18(9-6-15)12-21-13-18/h1-4,15,17,19H,5-13H2. The molecular weight excluding hydrogens is 278 g/mol. The third-order valence-corrected chi connectivity index (χ3v) is 7.18. The highest BCUT2D eigenvalue weighted by atomic mass is 32.2. The van der Waals surface area contributed by atoms with Crippen LogP contribution in [-0.2, 0) is 11.2 Å². The average molecular weight is 303 g/mol. The third kappa shape index (κ3) is 2.88. The molecule has 1 aliphatic carbocycles. The molecule has 0 amide bonds. The first-order chi connectivity index (χ1) is 10.3. The Bertz CT molecular complexity index is 490. The minimum atomic E-state index is 0.255. The van der Waals surface area contributed by atoms with Crippen molar-refractivity contribution in [1.82, 2.24) is 5.32 Å². The summed E-state index contributed by atoms with van der Waals surface area (Å²) in [5, 5.41) is 3.79. The minimum absolute atomic E-state index is 0.255. The zero-order chi connectivity index (χ0) is 14.1. The molecule has 114 valence electrons. The molecule has 2 fully saturated rings. The van der Waals surface area contributed by atoms with E-state index < -0.39 is 0 Å². The van der Waals surface area contributed by atoms with Crippen LogP contribution in [0.15, 0.2) is 24.3 Å². The topological polar surface area (TPSA) is 21.3 Å². The molecule has 0 bridgehead atoms. The molecule has 21 heavy (non-hydrogen) atoms. The van der Waals surface area contributed by atoms with Crippen molar-refractivity contribution in [2.45, 2.75) is 44.2 Å². The number of nitrogens with one attached hydrogen (secondary N) is 1. The van der Waals surface area contributed by atoms with Crippen LogP contribution in [0.3, 0.4) is 0 Å². The summed E-state index contributed by atoms with van der Waals surface area (Å²) in [5.74, 6) is 2.83. The smallest absolute Gasteiger partial charge is 0.0952 e. The fourth-order valence-corrected chi connectivity index (χ4v) is 5.39. The van der Waals surface area contributed by atoms with E-state index in [1.54, 1.807) is 0 Å². The number of hydrogen-bond acceptors (Lipinski definition) is 3. The molecule has 0 radical (unpaired) electrons. The molecule has 1 aromatic rings. The maximum absolute atomic E-state index is 6.00. The van der Waals surface area contributed by atoms with Crippen molar-refractivity contribution < 1.29 is 4.74 Å². The van der Waals surface area contributed by atoms with Gasteiger partial charge in [0.1, 0.15) is 0 Å². The summed E-state index contributed by atoms with van der Waals surface area (Å²) in [6, 6.07) is 9.48. The van der Waals surface area contributed by atoms with E-state index in [-0.39, 0.29) is 6.10 Å². The Hall–Kier alpha value is -0.510. The highest BCUT2D eigenvalue weighted by Gasteiger charge is 2.40. The van der Waals surface area contributed by atoms with Gasteiger partial charge in [-0.3, -0.25) is 0 Å². The first kappa shape index (κ1) is 14.1. The lowest BCUT2D eigenvalue weighted by Crippen LogP contribution is -2.45. The zero-order valence-electron chi connectivity index (χ0n) is 12.6. The minimum Gasteiger partial charge on any atom is -0.372 e. The van der Waals surface area contributed by atoms with Crippen LogP contribution in [0.1, 0.15) is 42.9 Å². The fourth-order valence-electron chi connectivity index (χ4n) is 4.03. The van der Waals surface area contributed by atoms with Gasteiger partial charge >= 0.3 is 0 Å². The molecule has 4 rings (SSSR count). The summed E-state index contributed by atoms with van der Waals surface area (Å²) in [4.78, 5) is 0. The Labute approximate surface area is 132 Å². The second-order valence-corrected chi connectivity index (χ2v) is 7.97. The van der Waals surface area contributed by atoms with Gasteiger partial charge in [-0.2, -0.15) is 11.8 Å². The van der Waals surface area contributed by atoms with Gasteiger partial charge in [0, 0.05) is 12.6 Å². The predicted octanol–water partition coefficient (Wildman–Crippen LogP) is 3.57. The van der Waals surface area contributed by atoms with Gasteiger partial charge in [0.25, 0.3) is 0 Å². The molecule has 1 atom stereocenters. The third-order valence-electron chi connectivity index (χ3n) is 5.55. The summed E-state index contributed by atoms with van der Waals surface area (Å²) in [6.45, 7) is 1.85. The highest BCUT2D eigenvalue weighted by molar-refractivity contribution is 8.00. The van der Waals surface area contributed by atoms with E-state index in [9.17, 15) is 0 Å². The van der Waals surface area contributed by atoms with Crippen molar-refractivity contribution in [2.24, 2.45) is 5.41 Å². The molecule has 1 N–H and O–H groups in total. The molecule has 1 spiro atoms. The lowest BCUT2D eigenvalue weighted by molar-refractivity contribution is 0.0384. The van der Waals surface area contributed by atoms with Crippen molar-refractivity contribution in [2.75, 3.05) is 24.7 Å². The van der Waals surface area contributed by atoms with Gasteiger partial charge in [-0.1, -0.05) is 24.3 Å². The number of thioether (sulfide) groups is 1. The Kier molecular flexibility index (Phi) is 3.99. The molecular formula is C18H25NOS. The molecule has 0 aromatic heterocycles. The normalized spacial score (nSPS) is 28.1. The van der Waals surface area contributed by atoms with Gasteiger partial charge in [0.05, 0.1) is 12.7 Å². The van der Waals surface area contributed by atoms with Crippen LogP contribution in [-0.4, -0.2) is 30.7 Å². The van der Waals surface area contributed by atoms with Crippen LogP contribution in [0.2, 0.25) is 0 Å². The first-order valence-corrected chi connectivity index (χ1v) is 9.51. The highest BCUT2D eigenvalue weighted by Crippen LogP contribution is 2.48. The van der Waals surface area contributed by atoms with Gasteiger partial charge in [0.2, 0.25) is 0 Å². The number of rotatable bonds is 3. The maximum atomic E-state index is 6.00. The van der Waals surface area contributed by atoms with E-state index in [0.29, 0.717) is 6.04 Å². The van der Waals surface area contributed by atoms with Crippen LogP contribution in [0.4, 0.5) is 0 Å². The Morgan fingerprint density at radius 1 is 1.19 bits per heavy atom. The Morgan fingerprint density at radius 3 is 2.76 bits per heavy atom. The molecule has 2 nitrogen and oxygen atoms in total. The lowest BCUT2D eigenvalue weighted by Gasteiger charge is -2.46. The largest absolute Gasteiger partial charge is 0.372 e. The second kappa shape index (κ2) is 5.94. The summed E-state index contributed by atoms with van der Waals surface area (Å²) < 4.78 is 6.00. The Balaban J connectivity index is 1.32. The van der Waals surface area contributed by atoms with E-state index >= 15 is 0 Å². The maximum Gasteiger partial charge on any atom is 0.0952 e. The molecule has 1 aromatic carbocycles. The molecule has 2 aliphatic heterocycles. The quantitative estimate of drug-likeness (QED) is 0.922. The summed E-state index contributed by atoms with van der Waals surface area (Å²) in [7, 11) is 0. The number of fused-ring (bicyclic) bond motifs is 1. The number of hydrogen-bond donors (Lipinski definition) is 1. The molecule has 2 heterocycles. The van der Waals surface area contributed by atoms with E-state index in [1.165, 1.54) is 48.3 Å². The van der Waals surface area contributed by atoms with Crippen molar-refractivity contribution in [3.8, 4) is 0 Å². The second-order valence-electron chi connectivity index (χ2n) is 6.98. The van der Waals surface area contributed by atoms with Crippen molar-refractivity contribution >= 4 is 11.8 Å². The molecule has 1 saturated carbocycles. The van der Waals surface area contributed by atoms with Crippen LogP contribution in [0.5, 0.6) is 0 Å². The van der Waals surface area contributed by atoms with Gasteiger partial charge in [-0.25, -0.2) is 0 Å². The number of benzene rings is 1. The monoisotopic (exact) mass is 303 g/mol.